The molecule has 1 saturated carbocycles. The average molecular weight is 246 g/mol. The second-order valence-electron chi connectivity index (χ2n) is 5.53. The Bertz CT molecular complexity index is 379. The van der Waals surface area contributed by atoms with Crippen molar-refractivity contribution in [3.05, 3.63) is 35.9 Å². The molecule has 18 heavy (non-hydrogen) atoms. The van der Waals surface area contributed by atoms with Gasteiger partial charge >= 0.3 is 0 Å². The van der Waals surface area contributed by atoms with Crippen molar-refractivity contribution in [2.45, 2.75) is 51.0 Å². The highest BCUT2D eigenvalue weighted by Crippen LogP contribution is 2.32. The molecule has 0 bridgehead atoms. The van der Waals surface area contributed by atoms with Crippen LogP contribution in [0.15, 0.2) is 30.3 Å². The summed E-state index contributed by atoms with van der Waals surface area (Å²) in [7, 11) is 0. The molecule has 3 heteroatoms. The minimum Gasteiger partial charge on any atom is -0.373 e. The fourth-order valence-corrected chi connectivity index (χ4v) is 3.33. The van der Waals surface area contributed by atoms with Crippen LogP contribution in [0, 0.1) is 5.92 Å². The third-order valence-electron chi connectivity index (χ3n) is 4.28. The summed E-state index contributed by atoms with van der Waals surface area (Å²) in [6, 6.07) is 11.6. The first-order valence-electron chi connectivity index (χ1n) is 7.01. The van der Waals surface area contributed by atoms with E-state index in [4.69, 9.17) is 4.74 Å². The van der Waals surface area contributed by atoms with E-state index in [1.54, 1.807) is 0 Å². The van der Waals surface area contributed by atoms with E-state index < -0.39 is 0 Å². The van der Waals surface area contributed by atoms with Crippen LogP contribution in [0.25, 0.3) is 0 Å². The molecule has 1 saturated heterocycles. The van der Waals surface area contributed by atoms with Crippen LogP contribution >= 0.6 is 0 Å². The Kier molecular flexibility index (Phi) is 3.64. The van der Waals surface area contributed by atoms with Crippen LogP contribution in [-0.4, -0.2) is 18.2 Å². The van der Waals surface area contributed by atoms with E-state index in [1.165, 1.54) is 24.8 Å². The zero-order valence-electron chi connectivity index (χ0n) is 10.9. The third-order valence-corrected chi connectivity index (χ3v) is 4.28. The van der Waals surface area contributed by atoms with Gasteiger partial charge in [-0.2, -0.15) is 0 Å². The second-order valence-corrected chi connectivity index (χ2v) is 5.53. The molecule has 1 aromatic rings. The number of ether oxygens (including phenoxy) is 1. The summed E-state index contributed by atoms with van der Waals surface area (Å²) in [6.07, 6.45) is 4.12. The number of hydrazine groups is 1. The van der Waals surface area contributed by atoms with Gasteiger partial charge < -0.3 is 4.74 Å². The number of hydrogen-bond acceptors (Lipinski definition) is 3. The van der Waals surface area contributed by atoms with Gasteiger partial charge in [0.1, 0.15) is 0 Å². The molecule has 98 valence electrons. The lowest BCUT2D eigenvalue weighted by Gasteiger charge is -2.34. The molecule has 0 aromatic heterocycles. The molecule has 4 atom stereocenters. The summed E-state index contributed by atoms with van der Waals surface area (Å²) >= 11 is 0. The van der Waals surface area contributed by atoms with Crippen molar-refractivity contribution in [2.75, 3.05) is 0 Å². The number of benzene rings is 1. The Morgan fingerprint density at radius 2 is 2.00 bits per heavy atom. The predicted molar refractivity (Wildman–Crippen MR) is 71.9 cm³/mol. The Labute approximate surface area is 109 Å². The molecule has 0 spiro atoms. The van der Waals surface area contributed by atoms with E-state index >= 15 is 0 Å². The first-order chi connectivity index (χ1) is 8.84. The fraction of sp³-hybridized carbons (Fsp3) is 0.600. The lowest BCUT2D eigenvalue weighted by Crippen LogP contribution is -2.41. The average Bonchev–Trinajstić information content (AvgIpc) is 2.80. The number of hydrogen-bond donors (Lipinski definition) is 2. The van der Waals surface area contributed by atoms with E-state index in [1.807, 2.05) is 6.07 Å². The van der Waals surface area contributed by atoms with Gasteiger partial charge in [-0.1, -0.05) is 30.3 Å². The highest BCUT2D eigenvalue weighted by atomic mass is 16.5. The van der Waals surface area contributed by atoms with Gasteiger partial charge in [0.05, 0.1) is 12.7 Å². The maximum absolute atomic E-state index is 6.17. The van der Waals surface area contributed by atoms with Crippen molar-refractivity contribution >= 4 is 0 Å². The molecule has 1 aliphatic heterocycles. The summed E-state index contributed by atoms with van der Waals surface area (Å²) < 4.78 is 6.17. The van der Waals surface area contributed by atoms with Gasteiger partial charge in [-0.3, -0.25) is 10.9 Å². The second kappa shape index (κ2) is 5.39. The van der Waals surface area contributed by atoms with Crippen molar-refractivity contribution in [1.29, 1.82) is 0 Å². The summed E-state index contributed by atoms with van der Waals surface area (Å²) in [5.41, 5.74) is 8.04. The van der Waals surface area contributed by atoms with Gasteiger partial charge in [0.2, 0.25) is 0 Å². The summed E-state index contributed by atoms with van der Waals surface area (Å²) in [5, 5.41) is 0. The maximum Gasteiger partial charge on any atom is 0.0720 e. The molecule has 1 heterocycles. The van der Waals surface area contributed by atoms with Gasteiger partial charge in [-0.25, -0.2) is 0 Å². The van der Waals surface area contributed by atoms with Gasteiger partial charge in [0, 0.05) is 18.0 Å². The lowest BCUT2D eigenvalue weighted by molar-refractivity contribution is -0.0268. The summed E-state index contributed by atoms with van der Waals surface area (Å²) in [4.78, 5) is 0. The predicted octanol–water partition coefficient (Wildman–Crippen LogP) is 2.24. The first kappa shape index (κ1) is 12.2. The highest BCUT2D eigenvalue weighted by Gasteiger charge is 2.41. The fourth-order valence-electron chi connectivity index (χ4n) is 3.33. The van der Waals surface area contributed by atoms with Crippen LogP contribution in [0.4, 0.5) is 0 Å². The van der Waals surface area contributed by atoms with Gasteiger partial charge in [-0.15, -0.1) is 0 Å². The Hall–Kier alpha value is -0.900. The van der Waals surface area contributed by atoms with Crippen LogP contribution in [0.5, 0.6) is 0 Å². The smallest absolute Gasteiger partial charge is 0.0720 e. The molecule has 1 aromatic carbocycles. The molecule has 0 radical (unpaired) electrons. The standard InChI is InChI=1S/C15H22N2O/c1-11-15-13(17-16-11)8-5-9-14(15)18-10-12-6-3-2-4-7-12/h2-4,6-7,11,13-17H,5,8-10H2,1H3. The topological polar surface area (TPSA) is 33.3 Å². The molecule has 3 rings (SSSR count). The van der Waals surface area contributed by atoms with Crippen LogP contribution in [0.3, 0.4) is 0 Å². The van der Waals surface area contributed by atoms with Crippen LogP contribution in [-0.2, 0) is 11.3 Å². The lowest BCUT2D eigenvalue weighted by atomic mass is 9.80. The van der Waals surface area contributed by atoms with Crippen LogP contribution < -0.4 is 10.9 Å². The summed E-state index contributed by atoms with van der Waals surface area (Å²) in [6.45, 7) is 2.99. The SMILES string of the molecule is CC1NNC2CCCC(OCc3ccccc3)C12. The molecule has 2 N–H and O–H groups in total. The normalized spacial score (nSPS) is 35.4. The minimum atomic E-state index is 0.390. The number of nitrogens with one attached hydrogen (secondary N) is 2. The van der Waals surface area contributed by atoms with Crippen molar-refractivity contribution < 1.29 is 4.74 Å². The van der Waals surface area contributed by atoms with E-state index in [9.17, 15) is 0 Å². The molecular formula is C15H22N2O. The first-order valence-corrected chi connectivity index (χ1v) is 7.01. The van der Waals surface area contributed by atoms with E-state index in [2.05, 4.69) is 42.0 Å². The van der Waals surface area contributed by atoms with Crippen molar-refractivity contribution in [2.24, 2.45) is 5.92 Å². The van der Waals surface area contributed by atoms with E-state index in [-0.39, 0.29) is 0 Å². The van der Waals surface area contributed by atoms with Gasteiger partial charge in [0.25, 0.3) is 0 Å². The minimum absolute atomic E-state index is 0.390. The third kappa shape index (κ3) is 2.44. The molecule has 2 fully saturated rings. The Morgan fingerprint density at radius 1 is 1.17 bits per heavy atom. The Morgan fingerprint density at radius 3 is 2.83 bits per heavy atom. The molecule has 0 amide bonds. The zero-order valence-corrected chi connectivity index (χ0v) is 10.9. The van der Waals surface area contributed by atoms with Gasteiger partial charge in [-0.05, 0) is 31.7 Å². The molecule has 1 aliphatic carbocycles. The van der Waals surface area contributed by atoms with E-state index in [0.29, 0.717) is 24.1 Å². The van der Waals surface area contributed by atoms with Crippen LogP contribution in [0.2, 0.25) is 0 Å². The molecule has 2 aliphatic rings. The van der Waals surface area contributed by atoms with E-state index in [0.717, 1.165) is 6.61 Å². The molecule has 3 nitrogen and oxygen atoms in total. The van der Waals surface area contributed by atoms with Crippen molar-refractivity contribution in [3.8, 4) is 0 Å². The number of rotatable bonds is 3. The molecule has 4 unspecified atom stereocenters. The largest absolute Gasteiger partial charge is 0.373 e. The summed E-state index contributed by atoms with van der Waals surface area (Å²) in [5.74, 6) is 0.613. The Balaban J connectivity index is 1.61. The molecular weight excluding hydrogens is 224 g/mol. The van der Waals surface area contributed by atoms with Crippen molar-refractivity contribution in [1.82, 2.24) is 10.9 Å². The monoisotopic (exact) mass is 246 g/mol. The maximum atomic E-state index is 6.17. The highest BCUT2D eigenvalue weighted by molar-refractivity contribution is 5.13. The van der Waals surface area contributed by atoms with Crippen molar-refractivity contribution in [3.63, 3.8) is 0 Å². The number of fused-ring (bicyclic) bond motifs is 1. The van der Waals surface area contributed by atoms with Gasteiger partial charge in [0.15, 0.2) is 0 Å². The zero-order chi connectivity index (χ0) is 12.4. The quantitative estimate of drug-likeness (QED) is 0.858. The van der Waals surface area contributed by atoms with Crippen LogP contribution in [0.1, 0.15) is 31.7 Å².